The summed E-state index contributed by atoms with van der Waals surface area (Å²) in [6.45, 7) is 3.70. The lowest BCUT2D eigenvalue weighted by atomic mass is 10.1. The maximum atomic E-state index is 11.8. The number of rotatable bonds is 1. The molecule has 1 unspecified atom stereocenters. The Morgan fingerprint density at radius 2 is 1.69 bits per heavy atom. The predicted molar refractivity (Wildman–Crippen MR) is 56.3 cm³/mol. The van der Waals surface area contributed by atoms with Crippen molar-refractivity contribution in [2.24, 2.45) is 0 Å². The van der Waals surface area contributed by atoms with Crippen molar-refractivity contribution in [3.63, 3.8) is 0 Å². The molecule has 2 rings (SSSR count). The summed E-state index contributed by atoms with van der Waals surface area (Å²) in [5.41, 5.74) is 1.03. The molecule has 86 valence electrons. The highest BCUT2D eigenvalue weighted by atomic mass is 16.2. The molecule has 5 nitrogen and oxygen atoms in total. The van der Waals surface area contributed by atoms with Crippen molar-refractivity contribution in [1.29, 1.82) is 0 Å². The second kappa shape index (κ2) is 3.73. The molecular formula is C11H14N2O3. The van der Waals surface area contributed by atoms with Crippen molar-refractivity contribution >= 4 is 17.7 Å². The minimum Gasteiger partial charge on any atom is -0.354 e. The third-order valence-corrected chi connectivity index (χ3v) is 3.25. The second-order valence-electron chi connectivity index (χ2n) is 4.23. The maximum Gasteiger partial charge on any atom is 0.257 e. The Hall–Kier alpha value is -1.65. The number of nitrogens with zero attached hydrogens (tertiary/aromatic N) is 1. The van der Waals surface area contributed by atoms with Gasteiger partial charge in [-0.3, -0.25) is 19.3 Å². The van der Waals surface area contributed by atoms with Gasteiger partial charge >= 0.3 is 0 Å². The van der Waals surface area contributed by atoms with Gasteiger partial charge in [0.05, 0.1) is 6.04 Å². The molecule has 0 aliphatic carbocycles. The van der Waals surface area contributed by atoms with E-state index < -0.39 is 0 Å². The van der Waals surface area contributed by atoms with E-state index in [9.17, 15) is 14.4 Å². The number of hydrogen-bond acceptors (Lipinski definition) is 3. The van der Waals surface area contributed by atoms with Crippen molar-refractivity contribution in [2.75, 3.05) is 6.54 Å². The van der Waals surface area contributed by atoms with Gasteiger partial charge in [-0.05, 0) is 20.3 Å². The summed E-state index contributed by atoms with van der Waals surface area (Å²) in [5, 5.41) is 2.68. The Labute approximate surface area is 93.5 Å². The highest BCUT2D eigenvalue weighted by Crippen LogP contribution is 2.24. The quantitative estimate of drug-likeness (QED) is 0.633. The zero-order valence-electron chi connectivity index (χ0n) is 9.37. The average molecular weight is 222 g/mol. The number of nitrogens with one attached hydrogen (secondary N) is 1. The molecule has 0 aromatic heterocycles. The van der Waals surface area contributed by atoms with Gasteiger partial charge < -0.3 is 5.32 Å². The van der Waals surface area contributed by atoms with Gasteiger partial charge in [0.15, 0.2) is 0 Å². The molecule has 16 heavy (non-hydrogen) atoms. The predicted octanol–water partition coefficient (Wildman–Crippen LogP) is -0.0298. The third-order valence-electron chi connectivity index (χ3n) is 3.25. The van der Waals surface area contributed by atoms with E-state index in [2.05, 4.69) is 5.32 Å². The van der Waals surface area contributed by atoms with Crippen LogP contribution in [0.4, 0.5) is 0 Å². The molecule has 1 atom stereocenters. The van der Waals surface area contributed by atoms with Crippen LogP contribution in [0.2, 0.25) is 0 Å². The molecule has 0 bridgehead atoms. The molecule has 1 N–H and O–H groups in total. The Balaban J connectivity index is 2.16. The van der Waals surface area contributed by atoms with Crippen molar-refractivity contribution in [3.05, 3.63) is 11.1 Å². The molecule has 1 fully saturated rings. The van der Waals surface area contributed by atoms with E-state index in [0.29, 0.717) is 30.5 Å². The second-order valence-corrected chi connectivity index (χ2v) is 4.23. The van der Waals surface area contributed by atoms with Crippen LogP contribution in [0.3, 0.4) is 0 Å². The van der Waals surface area contributed by atoms with Crippen LogP contribution in [-0.2, 0) is 14.4 Å². The van der Waals surface area contributed by atoms with Crippen LogP contribution in [0.5, 0.6) is 0 Å². The first-order chi connectivity index (χ1) is 7.52. The lowest BCUT2D eigenvalue weighted by Crippen LogP contribution is -2.50. The Bertz CT molecular complexity index is 377. The summed E-state index contributed by atoms with van der Waals surface area (Å²) in [4.78, 5) is 36.0. The van der Waals surface area contributed by atoms with Gasteiger partial charge in [-0.2, -0.15) is 0 Å². The molecule has 3 amide bonds. The first-order valence-corrected chi connectivity index (χ1v) is 5.34. The van der Waals surface area contributed by atoms with E-state index in [4.69, 9.17) is 0 Å². The average Bonchev–Trinajstić information content (AvgIpc) is 2.46. The molecule has 2 aliphatic heterocycles. The van der Waals surface area contributed by atoms with Crippen molar-refractivity contribution in [3.8, 4) is 0 Å². The zero-order chi connectivity index (χ0) is 11.9. The number of piperidine rings is 1. The fourth-order valence-electron chi connectivity index (χ4n) is 2.05. The fourth-order valence-corrected chi connectivity index (χ4v) is 2.05. The lowest BCUT2D eigenvalue weighted by molar-refractivity contribution is -0.142. The van der Waals surface area contributed by atoms with Crippen LogP contribution in [0.25, 0.3) is 0 Å². The molecule has 2 aliphatic rings. The van der Waals surface area contributed by atoms with Gasteiger partial charge in [-0.15, -0.1) is 0 Å². The lowest BCUT2D eigenvalue weighted by Gasteiger charge is -2.30. The van der Waals surface area contributed by atoms with Gasteiger partial charge in [-0.25, -0.2) is 0 Å². The van der Waals surface area contributed by atoms with E-state index >= 15 is 0 Å². The zero-order valence-corrected chi connectivity index (χ0v) is 9.37. The summed E-state index contributed by atoms with van der Waals surface area (Å²) >= 11 is 0. The van der Waals surface area contributed by atoms with Gasteiger partial charge in [-0.1, -0.05) is 0 Å². The summed E-state index contributed by atoms with van der Waals surface area (Å²) in [7, 11) is 0. The minimum absolute atomic E-state index is 0.0169. The van der Waals surface area contributed by atoms with E-state index in [1.54, 1.807) is 13.8 Å². The molecule has 0 aromatic carbocycles. The molecule has 0 spiro atoms. The van der Waals surface area contributed by atoms with Crippen molar-refractivity contribution in [2.45, 2.75) is 32.7 Å². The first-order valence-electron chi connectivity index (χ1n) is 5.34. The van der Waals surface area contributed by atoms with Crippen LogP contribution in [0.1, 0.15) is 26.7 Å². The van der Waals surface area contributed by atoms with Crippen molar-refractivity contribution in [1.82, 2.24) is 10.2 Å². The van der Waals surface area contributed by atoms with Crippen LogP contribution in [0.15, 0.2) is 11.1 Å². The fraction of sp³-hybridized carbons (Fsp3) is 0.545. The topological polar surface area (TPSA) is 66.5 Å². The van der Waals surface area contributed by atoms with Crippen LogP contribution < -0.4 is 5.32 Å². The molecule has 0 saturated carbocycles. The number of hydrogen-bond donors (Lipinski definition) is 1. The summed E-state index contributed by atoms with van der Waals surface area (Å²) in [6, 6.07) is -0.190. The molecule has 1 saturated heterocycles. The number of carbonyl (C=O) groups excluding carboxylic acids is 3. The van der Waals surface area contributed by atoms with E-state index in [0.717, 1.165) is 0 Å². The molecule has 2 heterocycles. The Morgan fingerprint density at radius 3 is 2.12 bits per heavy atom. The summed E-state index contributed by atoms with van der Waals surface area (Å²) in [5.74, 6) is -0.455. The Kier molecular flexibility index (Phi) is 2.53. The van der Waals surface area contributed by atoms with E-state index in [-0.39, 0.29) is 23.8 Å². The first kappa shape index (κ1) is 10.9. The number of amides is 3. The summed E-state index contributed by atoms with van der Waals surface area (Å²) < 4.78 is 0. The van der Waals surface area contributed by atoms with Crippen LogP contribution >= 0.6 is 0 Å². The summed E-state index contributed by atoms with van der Waals surface area (Å²) in [6.07, 6.45) is 0.934. The van der Waals surface area contributed by atoms with Crippen molar-refractivity contribution < 1.29 is 14.4 Å². The smallest absolute Gasteiger partial charge is 0.257 e. The number of imide groups is 1. The highest BCUT2D eigenvalue weighted by Gasteiger charge is 2.39. The Morgan fingerprint density at radius 1 is 1.12 bits per heavy atom. The van der Waals surface area contributed by atoms with Gasteiger partial charge in [0.2, 0.25) is 5.91 Å². The standard InChI is InChI=1S/C11H14N2O3/c1-6-7(2)11(16)13(10(6)15)8-3-4-9(14)12-5-8/h8H,3-5H2,1-2H3,(H,12,14). The van der Waals surface area contributed by atoms with E-state index in [1.807, 2.05) is 0 Å². The van der Waals surface area contributed by atoms with E-state index in [1.165, 1.54) is 4.90 Å². The third kappa shape index (κ3) is 1.52. The molecule has 0 radical (unpaired) electrons. The van der Waals surface area contributed by atoms with Gasteiger partial charge in [0.1, 0.15) is 0 Å². The SMILES string of the molecule is CC1=C(C)C(=O)N(C2CCC(=O)NC2)C1=O. The maximum absolute atomic E-state index is 11.8. The minimum atomic E-state index is -0.219. The molecule has 0 aromatic rings. The largest absolute Gasteiger partial charge is 0.354 e. The monoisotopic (exact) mass is 222 g/mol. The van der Waals surface area contributed by atoms with Crippen LogP contribution in [-0.4, -0.2) is 35.2 Å². The van der Waals surface area contributed by atoms with Gasteiger partial charge in [0, 0.05) is 24.1 Å². The molecule has 5 heteroatoms. The van der Waals surface area contributed by atoms with Gasteiger partial charge in [0.25, 0.3) is 11.8 Å². The number of carbonyl (C=O) groups is 3. The molecular weight excluding hydrogens is 208 g/mol. The van der Waals surface area contributed by atoms with Crippen LogP contribution in [0, 0.1) is 0 Å². The normalized spacial score (nSPS) is 26.5. The highest BCUT2D eigenvalue weighted by molar-refractivity contribution is 6.19.